The minimum Gasteiger partial charge on any atom is -0.353 e. The van der Waals surface area contributed by atoms with Crippen molar-refractivity contribution in [3.63, 3.8) is 0 Å². The van der Waals surface area contributed by atoms with Gasteiger partial charge in [-0.3, -0.25) is 4.79 Å². The molecule has 0 unspecified atom stereocenters. The summed E-state index contributed by atoms with van der Waals surface area (Å²) in [6, 6.07) is 0.355. The maximum atomic E-state index is 11.1. The van der Waals surface area contributed by atoms with Crippen molar-refractivity contribution in [2.45, 2.75) is 39.2 Å². The summed E-state index contributed by atoms with van der Waals surface area (Å²) >= 11 is 0. The van der Waals surface area contributed by atoms with Gasteiger partial charge in [-0.2, -0.15) is 0 Å². The number of carbonyl (C=O) groups is 1. The second-order valence-electron chi connectivity index (χ2n) is 3.09. The first kappa shape index (κ1) is 7.58. The zero-order valence-corrected chi connectivity index (χ0v) is 6.68. The van der Waals surface area contributed by atoms with Crippen molar-refractivity contribution < 1.29 is 4.79 Å². The summed E-state index contributed by atoms with van der Waals surface area (Å²) in [6.07, 6.45) is 3.23. The Hall–Kier alpha value is -0.530. The van der Waals surface area contributed by atoms with Crippen LogP contribution in [0.25, 0.3) is 0 Å². The topological polar surface area (TPSA) is 29.1 Å². The van der Waals surface area contributed by atoms with Gasteiger partial charge in [-0.15, -0.1) is 0 Å². The lowest BCUT2D eigenvalue weighted by atomic mass is 10.2. The molecule has 0 heterocycles. The first-order chi connectivity index (χ1) is 4.74. The van der Waals surface area contributed by atoms with E-state index in [-0.39, 0.29) is 5.91 Å². The smallest absolute Gasteiger partial charge is 0.223 e. The van der Waals surface area contributed by atoms with Crippen molar-refractivity contribution >= 4 is 5.91 Å². The molecule has 1 N–H and O–H groups in total. The van der Waals surface area contributed by atoms with Gasteiger partial charge >= 0.3 is 0 Å². The van der Waals surface area contributed by atoms with Gasteiger partial charge in [0.05, 0.1) is 0 Å². The molecule has 0 bridgehead atoms. The van der Waals surface area contributed by atoms with Crippen molar-refractivity contribution in [2.24, 2.45) is 5.92 Å². The SMILES string of the molecule is CC[C@H](C)NC(=O)C1CC1. The van der Waals surface area contributed by atoms with Crippen LogP contribution in [0.2, 0.25) is 0 Å². The number of hydrogen-bond donors (Lipinski definition) is 1. The van der Waals surface area contributed by atoms with Crippen LogP contribution in [0.1, 0.15) is 33.1 Å². The molecule has 1 fully saturated rings. The minimum absolute atomic E-state index is 0.259. The molecule has 0 aromatic carbocycles. The Bertz CT molecular complexity index is 129. The Balaban J connectivity index is 2.16. The van der Waals surface area contributed by atoms with Gasteiger partial charge < -0.3 is 5.32 Å². The summed E-state index contributed by atoms with van der Waals surface area (Å²) in [7, 11) is 0. The molecule has 0 aromatic rings. The van der Waals surface area contributed by atoms with Crippen LogP contribution < -0.4 is 5.32 Å². The number of nitrogens with one attached hydrogen (secondary N) is 1. The standard InChI is InChI=1S/C8H15NO/c1-3-6(2)9-8(10)7-4-5-7/h6-7H,3-5H2,1-2H3,(H,9,10)/t6-/m0/s1. The molecule has 1 amide bonds. The van der Waals surface area contributed by atoms with Crippen molar-refractivity contribution in [1.82, 2.24) is 5.32 Å². The third-order valence-corrected chi connectivity index (χ3v) is 1.95. The van der Waals surface area contributed by atoms with E-state index in [1.54, 1.807) is 0 Å². The van der Waals surface area contributed by atoms with E-state index in [0.29, 0.717) is 12.0 Å². The van der Waals surface area contributed by atoms with Crippen molar-refractivity contribution in [1.29, 1.82) is 0 Å². The largest absolute Gasteiger partial charge is 0.353 e. The average Bonchev–Trinajstić information content (AvgIpc) is 2.68. The maximum absolute atomic E-state index is 11.1. The van der Waals surface area contributed by atoms with Crippen LogP contribution in [0.5, 0.6) is 0 Å². The van der Waals surface area contributed by atoms with E-state index in [9.17, 15) is 4.79 Å². The summed E-state index contributed by atoms with van der Waals surface area (Å²) < 4.78 is 0. The molecule has 0 saturated heterocycles. The molecule has 58 valence electrons. The summed E-state index contributed by atoms with van der Waals surface area (Å²) in [4.78, 5) is 11.1. The Labute approximate surface area is 62.0 Å². The molecule has 1 aliphatic carbocycles. The number of hydrogen-bond acceptors (Lipinski definition) is 1. The average molecular weight is 141 g/mol. The Morgan fingerprint density at radius 3 is 2.70 bits per heavy atom. The number of amides is 1. The number of rotatable bonds is 3. The summed E-state index contributed by atoms with van der Waals surface area (Å²) in [5.74, 6) is 0.614. The van der Waals surface area contributed by atoms with Crippen LogP contribution in [0.15, 0.2) is 0 Å². The van der Waals surface area contributed by atoms with Crippen molar-refractivity contribution in [3.8, 4) is 0 Å². The van der Waals surface area contributed by atoms with Crippen LogP contribution in [-0.2, 0) is 4.79 Å². The highest BCUT2D eigenvalue weighted by molar-refractivity contribution is 5.81. The maximum Gasteiger partial charge on any atom is 0.223 e. The fraction of sp³-hybridized carbons (Fsp3) is 0.875. The molecule has 1 rings (SSSR count). The van der Waals surface area contributed by atoms with E-state index < -0.39 is 0 Å². The molecule has 0 radical (unpaired) electrons. The Morgan fingerprint density at radius 1 is 1.70 bits per heavy atom. The molecule has 0 aromatic heterocycles. The van der Waals surface area contributed by atoms with Crippen LogP contribution >= 0.6 is 0 Å². The molecule has 1 saturated carbocycles. The van der Waals surface area contributed by atoms with Crippen LogP contribution in [0.4, 0.5) is 0 Å². The molecular weight excluding hydrogens is 126 g/mol. The molecule has 2 nitrogen and oxygen atoms in total. The number of carbonyl (C=O) groups excluding carboxylic acids is 1. The predicted octanol–water partition coefficient (Wildman–Crippen LogP) is 1.31. The van der Waals surface area contributed by atoms with E-state index in [0.717, 1.165) is 19.3 Å². The summed E-state index contributed by atoms with van der Waals surface area (Å²) in [6.45, 7) is 4.12. The first-order valence-corrected chi connectivity index (χ1v) is 4.04. The second kappa shape index (κ2) is 3.04. The zero-order chi connectivity index (χ0) is 7.56. The van der Waals surface area contributed by atoms with Gasteiger partial charge in [-0.05, 0) is 26.2 Å². The van der Waals surface area contributed by atoms with E-state index in [2.05, 4.69) is 12.2 Å². The van der Waals surface area contributed by atoms with E-state index >= 15 is 0 Å². The fourth-order valence-electron chi connectivity index (χ4n) is 0.808. The van der Waals surface area contributed by atoms with Gasteiger partial charge in [0.25, 0.3) is 0 Å². The molecule has 0 aliphatic heterocycles. The highest BCUT2D eigenvalue weighted by atomic mass is 16.2. The third-order valence-electron chi connectivity index (χ3n) is 1.95. The van der Waals surface area contributed by atoms with Gasteiger partial charge in [0.15, 0.2) is 0 Å². The van der Waals surface area contributed by atoms with E-state index in [1.165, 1.54) is 0 Å². The van der Waals surface area contributed by atoms with Gasteiger partial charge in [0, 0.05) is 12.0 Å². The van der Waals surface area contributed by atoms with Crippen molar-refractivity contribution in [3.05, 3.63) is 0 Å². The van der Waals surface area contributed by atoms with Gasteiger partial charge in [0.2, 0.25) is 5.91 Å². The quantitative estimate of drug-likeness (QED) is 0.631. The minimum atomic E-state index is 0.259. The molecule has 2 heteroatoms. The van der Waals surface area contributed by atoms with Crippen LogP contribution in [-0.4, -0.2) is 11.9 Å². The Kier molecular flexibility index (Phi) is 2.30. The summed E-state index contributed by atoms with van der Waals surface area (Å²) in [5.41, 5.74) is 0. The van der Waals surface area contributed by atoms with Gasteiger partial charge in [-0.1, -0.05) is 6.92 Å². The molecule has 1 atom stereocenters. The third kappa shape index (κ3) is 2.01. The van der Waals surface area contributed by atoms with Crippen molar-refractivity contribution in [2.75, 3.05) is 0 Å². The molecule has 1 aliphatic rings. The lowest BCUT2D eigenvalue weighted by Gasteiger charge is -2.09. The lowest BCUT2D eigenvalue weighted by Crippen LogP contribution is -2.32. The Morgan fingerprint density at radius 2 is 2.30 bits per heavy atom. The zero-order valence-electron chi connectivity index (χ0n) is 6.68. The fourth-order valence-corrected chi connectivity index (χ4v) is 0.808. The predicted molar refractivity (Wildman–Crippen MR) is 40.6 cm³/mol. The molecule has 0 spiro atoms. The lowest BCUT2D eigenvalue weighted by molar-refractivity contribution is -0.122. The van der Waals surface area contributed by atoms with Gasteiger partial charge in [0.1, 0.15) is 0 Å². The van der Waals surface area contributed by atoms with Crippen LogP contribution in [0, 0.1) is 5.92 Å². The monoisotopic (exact) mass is 141 g/mol. The van der Waals surface area contributed by atoms with E-state index in [1.807, 2.05) is 6.92 Å². The highest BCUT2D eigenvalue weighted by Crippen LogP contribution is 2.28. The molecular formula is C8H15NO. The highest BCUT2D eigenvalue weighted by Gasteiger charge is 2.29. The first-order valence-electron chi connectivity index (χ1n) is 4.04. The second-order valence-corrected chi connectivity index (χ2v) is 3.09. The molecule has 10 heavy (non-hydrogen) atoms. The summed E-state index contributed by atoms with van der Waals surface area (Å²) in [5, 5.41) is 2.95. The normalized spacial score (nSPS) is 20.2. The van der Waals surface area contributed by atoms with Gasteiger partial charge in [-0.25, -0.2) is 0 Å². The van der Waals surface area contributed by atoms with Crippen LogP contribution in [0.3, 0.4) is 0 Å². The van der Waals surface area contributed by atoms with E-state index in [4.69, 9.17) is 0 Å².